The number of anilines is 4. The van der Waals surface area contributed by atoms with Gasteiger partial charge < -0.3 is 27.0 Å². The van der Waals surface area contributed by atoms with Crippen molar-refractivity contribution < 1.29 is 4.79 Å². The Kier molecular flexibility index (Phi) is 7.37. The lowest BCUT2D eigenvalue weighted by molar-refractivity contribution is 0.262. The molecule has 0 spiro atoms. The summed E-state index contributed by atoms with van der Waals surface area (Å²) in [6, 6.07) is 11.8. The molecule has 178 valence electrons. The normalized spacial score (nSPS) is 15.1. The number of nitrogens with two attached hydrogens (primary N) is 2. The molecule has 6 N–H and O–H groups in total. The maximum atomic E-state index is 12.4. The quantitative estimate of drug-likeness (QED) is 0.353. The van der Waals surface area contributed by atoms with Crippen LogP contribution in [0, 0.1) is 0 Å². The van der Waals surface area contributed by atoms with E-state index in [9.17, 15) is 4.79 Å². The molecule has 1 fully saturated rings. The lowest BCUT2D eigenvalue weighted by atomic mass is 9.91. The predicted octanol–water partition coefficient (Wildman–Crippen LogP) is 5.48. The van der Waals surface area contributed by atoms with Gasteiger partial charge in [0.1, 0.15) is 10.8 Å². The molecule has 8 nitrogen and oxygen atoms in total. The molecule has 4 rings (SSSR count). The number of urea groups is 1. The van der Waals surface area contributed by atoms with Crippen molar-refractivity contribution >= 4 is 64.0 Å². The molecule has 2 heterocycles. The van der Waals surface area contributed by atoms with Gasteiger partial charge in [-0.05, 0) is 50.1 Å². The van der Waals surface area contributed by atoms with Crippen molar-refractivity contribution in [2.24, 2.45) is 5.73 Å². The van der Waals surface area contributed by atoms with Gasteiger partial charge in [0.25, 0.3) is 0 Å². The van der Waals surface area contributed by atoms with Crippen LogP contribution in [0.3, 0.4) is 0 Å². The van der Waals surface area contributed by atoms with E-state index in [4.69, 9.17) is 34.7 Å². The number of carbonyl (C=O) groups is 1. The molecule has 0 bridgehead atoms. The zero-order valence-corrected chi connectivity index (χ0v) is 20.8. The largest absolute Gasteiger partial charge is 0.381 e. The van der Waals surface area contributed by atoms with Crippen molar-refractivity contribution in [3.8, 4) is 0 Å². The zero-order chi connectivity index (χ0) is 24.3. The van der Waals surface area contributed by atoms with Gasteiger partial charge >= 0.3 is 6.03 Å². The van der Waals surface area contributed by atoms with E-state index in [1.165, 1.54) is 11.8 Å². The first kappa shape index (κ1) is 24.4. The van der Waals surface area contributed by atoms with E-state index in [1.54, 1.807) is 42.6 Å². The number of benzene rings is 2. The minimum atomic E-state index is -0.440. The fourth-order valence-electron chi connectivity index (χ4n) is 3.50. The van der Waals surface area contributed by atoms with Crippen molar-refractivity contribution in [1.82, 2.24) is 9.97 Å². The fourth-order valence-corrected chi connectivity index (χ4v) is 4.79. The summed E-state index contributed by atoms with van der Waals surface area (Å²) in [5, 5.41) is 6.91. The number of nitrogens with zero attached hydrogens (tertiary/aromatic N) is 3. The topological polar surface area (TPSA) is 122 Å². The maximum absolute atomic E-state index is 12.4. The van der Waals surface area contributed by atoms with Crippen LogP contribution in [-0.4, -0.2) is 34.6 Å². The molecule has 34 heavy (non-hydrogen) atoms. The van der Waals surface area contributed by atoms with Crippen LogP contribution < -0.4 is 27.0 Å². The van der Waals surface area contributed by atoms with Gasteiger partial charge in [-0.3, -0.25) is 0 Å². The van der Waals surface area contributed by atoms with E-state index in [0.717, 1.165) is 31.7 Å². The molecule has 0 saturated carbocycles. The highest BCUT2D eigenvalue weighted by molar-refractivity contribution is 7.99. The summed E-state index contributed by atoms with van der Waals surface area (Å²) in [6.07, 6.45) is 3.48. The van der Waals surface area contributed by atoms with Gasteiger partial charge in [0, 0.05) is 34.2 Å². The van der Waals surface area contributed by atoms with Crippen LogP contribution in [0.25, 0.3) is 0 Å². The van der Waals surface area contributed by atoms with Crippen molar-refractivity contribution in [3.63, 3.8) is 0 Å². The zero-order valence-electron chi connectivity index (χ0n) is 18.5. The molecule has 3 aromatic rings. The number of piperidine rings is 1. The van der Waals surface area contributed by atoms with Crippen molar-refractivity contribution in [2.45, 2.75) is 35.2 Å². The lowest BCUT2D eigenvalue weighted by Crippen LogP contribution is -2.48. The SMILES string of the molecule is CC1(N)CCN(c2cnc(Sc3cccc(NC(=O)Nc4cccc(Cl)c4)c3Cl)c(N)n2)CC1. The Hall–Kier alpha value is -2.72. The summed E-state index contributed by atoms with van der Waals surface area (Å²) in [7, 11) is 0. The smallest absolute Gasteiger partial charge is 0.323 e. The number of carbonyl (C=O) groups excluding carboxylic acids is 1. The third kappa shape index (κ3) is 6.04. The molecule has 11 heteroatoms. The first-order valence-electron chi connectivity index (χ1n) is 10.7. The van der Waals surface area contributed by atoms with Crippen LogP contribution in [0.5, 0.6) is 0 Å². The second-order valence-corrected chi connectivity index (χ2v) is 10.2. The number of halogens is 2. The Morgan fingerprint density at radius 3 is 2.59 bits per heavy atom. The average Bonchev–Trinajstić information content (AvgIpc) is 2.78. The van der Waals surface area contributed by atoms with Crippen LogP contribution >= 0.6 is 35.0 Å². The summed E-state index contributed by atoms with van der Waals surface area (Å²) in [4.78, 5) is 24.3. The second kappa shape index (κ2) is 10.3. The number of hydrogen-bond donors (Lipinski definition) is 4. The Morgan fingerprint density at radius 2 is 1.88 bits per heavy atom. The Labute approximate surface area is 212 Å². The molecule has 1 aliphatic rings. The molecule has 2 amide bonds. The summed E-state index contributed by atoms with van der Waals surface area (Å²) in [5.41, 5.74) is 13.3. The van der Waals surface area contributed by atoms with Gasteiger partial charge in [0.15, 0.2) is 5.82 Å². The standard InChI is InChI=1S/C23H25Cl2N7OS/c1-23(27)8-10-32(11-9-23)18-13-28-21(20(26)31-18)34-17-7-3-6-16(19(17)25)30-22(33)29-15-5-2-4-14(24)12-15/h2-7,12-13H,8-11,27H2,1H3,(H2,26,31)(H2,29,30,33). The molecule has 1 aromatic heterocycles. The molecule has 1 aliphatic heterocycles. The summed E-state index contributed by atoms with van der Waals surface area (Å²) < 4.78 is 0. The van der Waals surface area contributed by atoms with Gasteiger partial charge in [-0.2, -0.15) is 0 Å². The lowest BCUT2D eigenvalue weighted by Gasteiger charge is -2.37. The highest BCUT2D eigenvalue weighted by atomic mass is 35.5. The van der Waals surface area contributed by atoms with Crippen LogP contribution in [0.2, 0.25) is 10.0 Å². The van der Waals surface area contributed by atoms with Crippen LogP contribution in [-0.2, 0) is 0 Å². The van der Waals surface area contributed by atoms with Gasteiger partial charge in [-0.15, -0.1) is 0 Å². The first-order chi connectivity index (χ1) is 16.2. The molecular formula is C23H25Cl2N7OS. The number of amides is 2. The van der Waals surface area contributed by atoms with Gasteiger partial charge in [0.2, 0.25) is 0 Å². The number of nitrogens with one attached hydrogen (secondary N) is 2. The summed E-state index contributed by atoms with van der Waals surface area (Å²) in [6.45, 7) is 3.69. The summed E-state index contributed by atoms with van der Waals surface area (Å²) >= 11 is 13.8. The molecule has 0 radical (unpaired) electrons. The molecule has 0 aliphatic carbocycles. The first-order valence-corrected chi connectivity index (χ1v) is 12.2. The average molecular weight is 518 g/mol. The molecule has 0 unspecified atom stereocenters. The Balaban J connectivity index is 1.44. The monoisotopic (exact) mass is 517 g/mol. The van der Waals surface area contributed by atoms with E-state index in [1.807, 2.05) is 6.07 Å². The van der Waals surface area contributed by atoms with Gasteiger partial charge in [0.05, 0.1) is 16.9 Å². The second-order valence-electron chi connectivity index (χ2n) is 8.37. The minimum absolute atomic E-state index is 0.147. The Morgan fingerprint density at radius 1 is 1.15 bits per heavy atom. The molecular weight excluding hydrogens is 493 g/mol. The van der Waals surface area contributed by atoms with Crippen molar-refractivity contribution in [2.75, 3.05) is 34.4 Å². The highest BCUT2D eigenvalue weighted by Crippen LogP contribution is 2.38. The molecule has 0 atom stereocenters. The fraction of sp³-hybridized carbons (Fsp3) is 0.261. The van der Waals surface area contributed by atoms with Crippen LogP contribution in [0.15, 0.2) is 58.6 Å². The van der Waals surface area contributed by atoms with Crippen LogP contribution in [0.1, 0.15) is 19.8 Å². The van der Waals surface area contributed by atoms with E-state index in [-0.39, 0.29) is 5.54 Å². The predicted molar refractivity (Wildman–Crippen MR) is 140 cm³/mol. The van der Waals surface area contributed by atoms with E-state index >= 15 is 0 Å². The minimum Gasteiger partial charge on any atom is -0.381 e. The number of hydrogen-bond acceptors (Lipinski definition) is 7. The van der Waals surface area contributed by atoms with Gasteiger partial charge in [-0.25, -0.2) is 14.8 Å². The third-order valence-corrected chi connectivity index (χ3v) is 7.30. The van der Waals surface area contributed by atoms with Gasteiger partial charge in [-0.1, -0.05) is 47.1 Å². The Bertz CT molecular complexity index is 1200. The van der Waals surface area contributed by atoms with E-state index in [0.29, 0.717) is 37.2 Å². The van der Waals surface area contributed by atoms with Crippen LogP contribution in [0.4, 0.5) is 27.8 Å². The summed E-state index contributed by atoms with van der Waals surface area (Å²) in [5.74, 6) is 1.05. The molecule has 2 aromatic carbocycles. The number of nitrogen functional groups attached to an aromatic ring is 1. The van der Waals surface area contributed by atoms with Crippen molar-refractivity contribution in [1.29, 1.82) is 0 Å². The highest BCUT2D eigenvalue weighted by Gasteiger charge is 2.27. The van der Waals surface area contributed by atoms with E-state index in [2.05, 4.69) is 32.4 Å². The maximum Gasteiger partial charge on any atom is 0.323 e. The third-order valence-electron chi connectivity index (χ3n) is 5.48. The van der Waals surface area contributed by atoms with Crippen molar-refractivity contribution in [3.05, 3.63) is 58.7 Å². The number of aromatic nitrogens is 2. The molecule has 1 saturated heterocycles. The van der Waals surface area contributed by atoms with E-state index < -0.39 is 6.03 Å². The number of rotatable bonds is 5.